The molecular weight excluding hydrogens is 384 g/mol. The minimum absolute atomic E-state index is 0.0575. The molecule has 0 radical (unpaired) electrons. The Labute approximate surface area is 146 Å². The van der Waals surface area contributed by atoms with Crippen molar-refractivity contribution in [2.24, 2.45) is 0 Å². The highest BCUT2D eigenvalue weighted by atomic mass is 79.9. The minimum Gasteiger partial charge on any atom is -0.322 e. The third kappa shape index (κ3) is 4.64. The van der Waals surface area contributed by atoms with Crippen molar-refractivity contribution in [1.29, 1.82) is 0 Å². The van der Waals surface area contributed by atoms with Gasteiger partial charge in [-0.3, -0.25) is 14.9 Å². The van der Waals surface area contributed by atoms with E-state index in [9.17, 15) is 14.9 Å². The largest absolute Gasteiger partial charge is 0.322 e. The highest BCUT2D eigenvalue weighted by Gasteiger charge is 2.11. The van der Waals surface area contributed by atoms with E-state index in [1.807, 2.05) is 19.1 Å². The molecular formula is C16H12BrClN2O3. The molecule has 0 bridgehead atoms. The molecule has 0 atom stereocenters. The number of amides is 1. The predicted octanol–water partition coefficient (Wildman–Crippen LogP) is 4.97. The SMILES string of the molecule is Cc1cc(Br)ccc1NC(=O)C=Cc1ccc(Cl)c([N+](=O)[O-])c1. The van der Waals surface area contributed by atoms with Crippen LogP contribution in [0.3, 0.4) is 0 Å². The zero-order chi connectivity index (χ0) is 17.0. The van der Waals surface area contributed by atoms with Gasteiger partial charge >= 0.3 is 0 Å². The second-order valence-corrected chi connectivity index (χ2v) is 6.07. The number of nitrogens with one attached hydrogen (secondary N) is 1. The van der Waals surface area contributed by atoms with Crippen LogP contribution in [0.25, 0.3) is 6.08 Å². The molecule has 118 valence electrons. The van der Waals surface area contributed by atoms with E-state index in [0.29, 0.717) is 11.3 Å². The summed E-state index contributed by atoms with van der Waals surface area (Å²) in [6, 6.07) is 9.85. The van der Waals surface area contributed by atoms with Crippen LogP contribution in [0.1, 0.15) is 11.1 Å². The monoisotopic (exact) mass is 394 g/mol. The Hall–Kier alpha value is -2.18. The number of anilines is 1. The van der Waals surface area contributed by atoms with Crippen LogP contribution in [0.2, 0.25) is 5.02 Å². The number of carbonyl (C=O) groups excluding carboxylic acids is 1. The topological polar surface area (TPSA) is 72.2 Å². The summed E-state index contributed by atoms with van der Waals surface area (Å²) in [6.45, 7) is 1.88. The number of hydrogen-bond donors (Lipinski definition) is 1. The van der Waals surface area contributed by atoms with Crippen LogP contribution in [0.4, 0.5) is 11.4 Å². The summed E-state index contributed by atoms with van der Waals surface area (Å²) in [5, 5.41) is 13.6. The molecule has 0 fully saturated rings. The van der Waals surface area contributed by atoms with Gasteiger partial charge in [-0.25, -0.2) is 0 Å². The first-order valence-corrected chi connectivity index (χ1v) is 7.73. The van der Waals surface area contributed by atoms with Crippen molar-refractivity contribution < 1.29 is 9.72 Å². The van der Waals surface area contributed by atoms with Gasteiger partial charge in [0.1, 0.15) is 5.02 Å². The normalized spacial score (nSPS) is 10.7. The lowest BCUT2D eigenvalue weighted by molar-refractivity contribution is -0.384. The Balaban J connectivity index is 2.12. The number of hydrogen-bond acceptors (Lipinski definition) is 3. The third-order valence-electron chi connectivity index (χ3n) is 3.04. The highest BCUT2D eigenvalue weighted by Crippen LogP contribution is 2.25. The quantitative estimate of drug-likeness (QED) is 0.451. The van der Waals surface area contributed by atoms with Gasteiger partial charge in [-0.2, -0.15) is 0 Å². The number of aryl methyl sites for hydroxylation is 1. The number of nitro groups is 1. The first-order chi connectivity index (χ1) is 10.9. The Kier molecular flexibility index (Phi) is 5.52. The predicted molar refractivity (Wildman–Crippen MR) is 94.6 cm³/mol. The van der Waals surface area contributed by atoms with Crippen molar-refractivity contribution in [3.05, 3.63) is 73.2 Å². The maximum absolute atomic E-state index is 11.9. The van der Waals surface area contributed by atoms with E-state index in [2.05, 4.69) is 21.2 Å². The molecule has 0 saturated carbocycles. The number of nitro benzene ring substituents is 1. The zero-order valence-corrected chi connectivity index (χ0v) is 14.4. The average molecular weight is 396 g/mol. The molecule has 1 N–H and O–H groups in total. The zero-order valence-electron chi connectivity index (χ0n) is 12.0. The molecule has 23 heavy (non-hydrogen) atoms. The number of nitrogens with zero attached hydrogens (tertiary/aromatic N) is 1. The van der Waals surface area contributed by atoms with E-state index in [1.165, 1.54) is 24.3 Å². The van der Waals surface area contributed by atoms with Crippen LogP contribution >= 0.6 is 27.5 Å². The first-order valence-electron chi connectivity index (χ1n) is 6.56. The average Bonchev–Trinajstić information content (AvgIpc) is 2.49. The van der Waals surface area contributed by atoms with Crippen LogP contribution in [-0.2, 0) is 4.79 Å². The lowest BCUT2D eigenvalue weighted by Crippen LogP contribution is -2.08. The van der Waals surface area contributed by atoms with Gasteiger partial charge < -0.3 is 5.32 Å². The molecule has 0 aromatic heterocycles. The molecule has 0 spiro atoms. The standard InChI is InChI=1S/C16H12BrClN2O3/c1-10-8-12(17)4-6-14(10)19-16(21)7-3-11-2-5-13(18)15(9-11)20(22)23/h2-9H,1H3,(H,19,21). The van der Waals surface area contributed by atoms with E-state index in [1.54, 1.807) is 12.1 Å². The fourth-order valence-corrected chi connectivity index (χ4v) is 2.55. The van der Waals surface area contributed by atoms with Crippen molar-refractivity contribution in [3.8, 4) is 0 Å². The van der Waals surface area contributed by atoms with Gasteiger partial charge in [-0.15, -0.1) is 0 Å². The van der Waals surface area contributed by atoms with Gasteiger partial charge in [-0.1, -0.05) is 33.6 Å². The van der Waals surface area contributed by atoms with Gasteiger partial charge in [0.2, 0.25) is 5.91 Å². The van der Waals surface area contributed by atoms with Crippen molar-refractivity contribution in [1.82, 2.24) is 0 Å². The van der Waals surface area contributed by atoms with Crippen molar-refractivity contribution in [2.45, 2.75) is 6.92 Å². The van der Waals surface area contributed by atoms with Gasteiger partial charge in [0.05, 0.1) is 4.92 Å². The summed E-state index contributed by atoms with van der Waals surface area (Å²) < 4.78 is 0.928. The van der Waals surface area contributed by atoms with Crippen LogP contribution in [0.5, 0.6) is 0 Å². The molecule has 0 aliphatic carbocycles. The molecule has 0 unspecified atom stereocenters. The molecule has 5 nitrogen and oxygen atoms in total. The number of halogens is 2. The van der Waals surface area contributed by atoms with Crippen LogP contribution in [0.15, 0.2) is 46.9 Å². The maximum atomic E-state index is 11.9. The number of carbonyl (C=O) groups is 1. The molecule has 1 amide bonds. The van der Waals surface area contributed by atoms with Crippen molar-refractivity contribution in [3.63, 3.8) is 0 Å². The summed E-state index contributed by atoms with van der Waals surface area (Å²) in [5.74, 6) is -0.326. The molecule has 7 heteroatoms. The van der Waals surface area contributed by atoms with Crippen LogP contribution < -0.4 is 5.32 Å². The van der Waals surface area contributed by atoms with E-state index < -0.39 is 4.92 Å². The Morgan fingerprint density at radius 2 is 2.04 bits per heavy atom. The highest BCUT2D eigenvalue weighted by molar-refractivity contribution is 9.10. The fourth-order valence-electron chi connectivity index (χ4n) is 1.89. The molecule has 2 rings (SSSR count). The van der Waals surface area contributed by atoms with Crippen LogP contribution in [0, 0.1) is 17.0 Å². The Morgan fingerprint density at radius 1 is 1.30 bits per heavy atom. The van der Waals surface area contributed by atoms with E-state index in [4.69, 9.17) is 11.6 Å². The van der Waals surface area contributed by atoms with Gasteiger partial charge in [0, 0.05) is 22.3 Å². The van der Waals surface area contributed by atoms with Gasteiger partial charge in [-0.05, 0) is 48.4 Å². The number of rotatable bonds is 4. The summed E-state index contributed by atoms with van der Waals surface area (Å²) in [7, 11) is 0. The summed E-state index contributed by atoms with van der Waals surface area (Å²) in [4.78, 5) is 22.2. The number of benzene rings is 2. The first kappa shape index (κ1) is 17.2. The van der Waals surface area contributed by atoms with Gasteiger partial charge in [0.25, 0.3) is 5.69 Å². The van der Waals surface area contributed by atoms with Crippen molar-refractivity contribution >= 4 is 50.9 Å². The maximum Gasteiger partial charge on any atom is 0.288 e. The van der Waals surface area contributed by atoms with E-state index >= 15 is 0 Å². The van der Waals surface area contributed by atoms with Crippen LogP contribution in [-0.4, -0.2) is 10.8 Å². The Bertz CT molecular complexity index is 806. The molecule has 0 saturated heterocycles. The molecule has 0 aliphatic heterocycles. The van der Waals surface area contributed by atoms with Gasteiger partial charge in [0.15, 0.2) is 0 Å². The fraction of sp³-hybridized carbons (Fsp3) is 0.0625. The molecule has 2 aromatic carbocycles. The second-order valence-electron chi connectivity index (χ2n) is 4.75. The Morgan fingerprint density at radius 3 is 2.70 bits per heavy atom. The third-order valence-corrected chi connectivity index (χ3v) is 3.85. The van der Waals surface area contributed by atoms with E-state index in [0.717, 1.165) is 10.0 Å². The summed E-state index contributed by atoms with van der Waals surface area (Å²) in [6.07, 6.45) is 2.81. The summed E-state index contributed by atoms with van der Waals surface area (Å²) >= 11 is 9.10. The lowest BCUT2D eigenvalue weighted by atomic mass is 10.2. The smallest absolute Gasteiger partial charge is 0.288 e. The van der Waals surface area contributed by atoms with Crippen molar-refractivity contribution in [2.75, 3.05) is 5.32 Å². The summed E-state index contributed by atoms with van der Waals surface area (Å²) in [5.41, 5.74) is 1.94. The molecule has 0 heterocycles. The molecule has 0 aliphatic rings. The molecule has 2 aromatic rings. The lowest BCUT2D eigenvalue weighted by Gasteiger charge is -2.06. The second kappa shape index (κ2) is 7.39. The minimum atomic E-state index is -0.565. The van der Waals surface area contributed by atoms with E-state index in [-0.39, 0.29) is 16.6 Å².